The molecule has 0 bridgehead atoms. The quantitative estimate of drug-likeness (QED) is 0.871. The number of hydrogen-bond acceptors (Lipinski definition) is 3. The van der Waals surface area contributed by atoms with Gasteiger partial charge in [0.15, 0.2) is 9.84 Å². The largest absolute Gasteiger partial charge is 0.382 e. The van der Waals surface area contributed by atoms with Crippen LogP contribution in [0.5, 0.6) is 0 Å². The normalized spacial score (nSPS) is 12.9. The predicted molar refractivity (Wildman–Crippen MR) is 90.5 cm³/mol. The zero-order valence-corrected chi connectivity index (χ0v) is 14.4. The highest BCUT2D eigenvalue weighted by molar-refractivity contribution is 9.10. The van der Waals surface area contributed by atoms with E-state index in [0.29, 0.717) is 4.90 Å². The van der Waals surface area contributed by atoms with Gasteiger partial charge in [-0.25, -0.2) is 8.42 Å². The zero-order chi connectivity index (χ0) is 15.5. The second-order valence-electron chi connectivity index (χ2n) is 5.18. The van der Waals surface area contributed by atoms with E-state index < -0.39 is 9.84 Å². The molecule has 0 aliphatic rings. The van der Waals surface area contributed by atoms with Crippen molar-refractivity contribution in [1.29, 1.82) is 0 Å². The average molecular weight is 368 g/mol. The van der Waals surface area contributed by atoms with E-state index >= 15 is 0 Å². The first-order valence-corrected chi connectivity index (χ1v) is 9.34. The molecule has 0 saturated carbocycles. The number of nitrogens with one attached hydrogen (secondary N) is 1. The Morgan fingerprint density at radius 2 is 1.81 bits per heavy atom. The van der Waals surface area contributed by atoms with E-state index in [-0.39, 0.29) is 6.04 Å². The minimum absolute atomic E-state index is 0.209. The molecule has 0 radical (unpaired) electrons. The van der Waals surface area contributed by atoms with Crippen molar-refractivity contribution in [2.45, 2.75) is 24.3 Å². The zero-order valence-electron chi connectivity index (χ0n) is 12.0. The molecule has 0 spiro atoms. The molecule has 0 amide bonds. The molecule has 112 valence electrons. The van der Waals surface area contributed by atoms with Crippen molar-refractivity contribution in [3.8, 4) is 0 Å². The molecule has 5 heteroatoms. The maximum atomic E-state index is 11.6. The summed E-state index contributed by atoms with van der Waals surface area (Å²) in [5.41, 5.74) is 2.06. The first-order chi connectivity index (χ1) is 9.84. The van der Waals surface area contributed by atoms with Crippen LogP contribution in [0.25, 0.3) is 0 Å². The van der Waals surface area contributed by atoms with Crippen molar-refractivity contribution in [3.05, 3.63) is 58.6 Å². The number of benzene rings is 2. The second kappa shape index (κ2) is 6.62. The van der Waals surface area contributed by atoms with Crippen LogP contribution in [0.2, 0.25) is 0 Å². The molecule has 0 heterocycles. The van der Waals surface area contributed by atoms with Crippen molar-refractivity contribution >= 4 is 31.5 Å². The SMILES string of the molecule is CC(Cc1ccc(Br)cc1)Nc1cccc(S(C)(=O)=O)c1. The fourth-order valence-corrected chi connectivity index (χ4v) is 3.06. The summed E-state index contributed by atoms with van der Waals surface area (Å²) >= 11 is 3.42. The summed E-state index contributed by atoms with van der Waals surface area (Å²) < 4.78 is 24.2. The first kappa shape index (κ1) is 16.0. The Kier molecular flexibility index (Phi) is 5.06. The van der Waals surface area contributed by atoms with Crippen LogP contribution in [0.15, 0.2) is 57.9 Å². The molecule has 0 aromatic heterocycles. The van der Waals surface area contributed by atoms with Crippen LogP contribution in [0, 0.1) is 0 Å². The lowest BCUT2D eigenvalue weighted by molar-refractivity contribution is 0.602. The molecule has 21 heavy (non-hydrogen) atoms. The van der Waals surface area contributed by atoms with Crippen LogP contribution in [-0.2, 0) is 16.3 Å². The van der Waals surface area contributed by atoms with Gasteiger partial charge in [0, 0.05) is 22.5 Å². The Morgan fingerprint density at radius 3 is 2.43 bits per heavy atom. The lowest BCUT2D eigenvalue weighted by Gasteiger charge is -2.16. The predicted octanol–water partition coefficient (Wildman–Crippen LogP) is 3.90. The van der Waals surface area contributed by atoms with Crippen molar-refractivity contribution in [3.63, 3.8) is 0 Å². The van der Waals surface area contributed by atoms with Crippen LogP contribution in [0.4, 0.5) is 5.69 Å². The standard InChI is InChI=1S/C16H18BrNO2S/c1-12(10-13-6-8-14(17)9-7-13)18-15-4-3-5-16(11-15)21(2,19)20/h3-9,11-12,18H,10H2,1-2H3. The fraction of sp³-hybridized carbons (Fsp3) is 0.250. The van der Waals surface area contributed by atoms with Gasteiger partial charge in [0.1, 0.15) is 0 Å². The fourth-order valence-electron chi connectivity index (χ4n) is 2.13. The molecule has 0 aliphatic heterocycles. The summed E-state index contributed by atoms with van der Waals surface area (Å²) in [5.74, 6) is 0. The molecule has 0 aliphatic carbocycles. The third-order valence-corrected chi connectivity index (χ3v) is 4.77. The first-order valence-electron chi connectivity index (χ1n) is 6.66. The molecule has 0 fully saturated rings. The summed E-state index contributed by atoms with van der Waals surface area (Å²) in [5, 5.41) is 3.34. The minimum Gasteiger partial charge on any atom is -0.382 e. The Bertz CT molecular complexity index is 711. The smallest absolute Gasteiger partial charge is 0.175 e. The van der Waals surface area contributed by atoms with Gasteiger partial charge in [-0.3, -0.25) is 0 Å². The third kappa shape index (κ3) is 4.86. The molecule has 1 unspecified atom stereocenters. The summed E-state index contributed by atoms with van der Waals surface area (Å²) in [7, 11) is -3.17. The maximum Gasteiger partial charge on any atom is 0.175 e. The van der Waals surface area contributed by atoms with Gasteiger partial charge in [0.25, 0.3) is 0 Å². The molecular formula is C16H18BrNO2S. The summed E-state index contributed by atoms with van der Waals surface area (Å²) in [6, 6.07) is 15.3. The van der Waals surface area contributed by atoms with Crippen molar-refractivity contribution in [2.24, 2.45) is 0 Å². The highest BCUT2D eigenvalue weighted by atomic mass is 79.9. The average Bonchev–Trinajstić information content (AvgIpc) is 2.41. The van der Waals surface area contributed by atoms with Crippen molar-refractivity contribution in [1.82, 2.24) is 0 Å². The van der Waals surface area contributed by atoms with Crippen LogP contribution in [0.1, 0.15) is 12.5 Å². The van der Waals surface area contributed by atoms with Gasteiger partial charge in [0.2, 0.25) is 0 Å². The van der Waals surface area contributed by atoms with Gasteiger partial charge < -0.3 is 5.32 Å². The van der Waals surface area contributed by atoms with E-state index in [1.165, 1.54) is 11.8 Å². The number of rotatable bonds is 5. The highest BCUT2D eigenvalue weighted by Gasteiger charge is 2.09. The van der Waals surface area contributed by atoms with Crippen molar-refractivity contribution < 1.29 is 8.42 Å². The number of hydrogen-bond donors (Lipinski definition) is 1. The van der Waals surface area contributed by atoms with E-state index in [4.69, 9.17) is 0 Å². The molecule has 3 nitrogen and oxygen atoms in total. The van der Waals surface area contributed by atoms with E-state index in [9.17, 15) is 8.42 Å². The number of sulfone groups is 1. The number of halogens is 1. The Hall–Kier alpha value is -1.33. The van der Waals surface area contributed by atoms with Crippen LogP contribution >= 0.6 is 15.9 Å². The lowest BCUT2D eigenvalue weighted by atomic mass is 10.1. The Morgan fingerprint density at radius 1 is 1.14 bits per heavy atom. The van der Waals surface area contributed by atoms with Crippen LogP contribution in [0.3, 0.4) is 0 Å². The molecule has 2 aromatic rings. The topological polar surface area (TPSA) is 46.2 Å². The Labute approximate surface area is 134 Å². The lowest BCUT2D eigenvalue weighted by Crippen LogP contribution is -2.18. The molecule has 1 N–H and O–H groups in total. The van der Waals surface area contributed by atoms with Gasteiger partial charge in [-0.2, -0.15) is 0 Å². The van der Waals surface area contributed by atoms with E-state index in [2.05, 4.69) is 40.3 Å². The number of anilines is 1. The monoisotopic (exact) mass is 367 g/mol. The van der Waals surface area contributed by atoms with Crippen LogP contribution < -0.4 is 5.32 Å². The maximum absolute atomic E-state index is 11.6. The molecule has 1 atom stereocenters. The summed E-state index contributed by atoms with van der Waals surface area (Å²) in [4.78, 5) is 0.336. The Balaban J connectivity index is 2.06. The minimum atomic E-state index is -3.17. The van der Waals surface area contributed by atoms with Crippen molar-refractivity contribution in [2.75, 3.05) is 11.6 Å². The van der Waals surface area contributed by atoms with Gasteiger partial charge in [0.05, 0.1) is 4.90 Å². The molecule has 2 rings (SSSR count). The van der Waals surface area contributed by atoms with Gasteiger partial charge in [-0.05, 0) is 49.2 Å². The third-order valence-electron chi connectivity index (χ3n) is 3.13. The molecular weight excluding hydrogens is 350 g/mol. The van der Waals surface area contributed by atoms with Gasteiger partial charge in [-0.15, -0.1) is 0 Å². The van der Waals surface area contributed by atoms with Gasteiger partial charge >= 0.3 is 0 Å². The second-order valence-corrected chi connectivity index (χ2v) is 8.11. The summed E-state index contributed by atoms with van der Waals surface area (Å²) in [6.45, 7) is 2.08. The van der Waals surface area contributed by atoms with E-state index in [1.54, 1.807) is 18.2 Å². The highest BCUT2D eigenvalue weighted by Crippen LogP contribution is 2.18. The molecule has 2 aromatic carbocycles. The van der Waals surface area contributed by atoms with E-state index in [1.807, 2.05) is 18.2 Å². The van der Waals surface area contributed by atoms with Gasteiger partial charge in [-0.1, -0.05) is 34.1 Å². The van der Waals surface area contributed by atoms with Crippen LogP contribution in [-0.4, -0.2) is 20.7 Å². The van der Waals surface area contributed by atoms with E-state index in [0.717, 1.165) is 16.6 Å². The summed E-state index contributed by atoms with van der Waals surface area (Å²) in [6.07, 6.45) is 2.09. The molecule has 0 saturated heterocycles.